The number of H-pyrrole nitrogens is 1. The molecule has 0 fully saturated rings. The summed E-state index contributed by atoms with van der Waals surface area (Å²) in [5, 5.41) is 1.14. The van der Waals surface area contributed by atoms with Gasteiger partial charge in [0.05, 0.1) is 23.6 Å². The molecule has 2 heterocycles. The maximum atomic E-state index is 13.5. The van der Waals surface area contributed by atoms with Crippen molar-refractivity contribution in [2.24, 2.45) is 0 Å². The first-order valence-electron chi connectivity index (χ1n) is 9.27. The molecular formula is C21H22N2O4S. The van der Waals surface area contributed by atoms with Crippen LogP contribution in [0.1, 0.15) is 41.0 Å². The van der Waals surface area contributed by atoms with E-state index < -0.39 is 16.0 Å². The highest BCUT2D eigenvalue weighted by molar-refractivity contribution is 7.89. The van der Waals surface area contributed by atoms with Gasteiger partial charge in [-0.15, -0.1) is 0 Å². The predicted octanol–water partition coefficient (Wildman–Crippen LogP) is 3.65. The van der Waals surface area contributed by atoms with Crippen LogP contribution in [0.3, 0.4) is 0 Å². The number of nitrogens with one attached hydrogen (secondary N) is 1. The van der Waals surface area contributed by atoms with Gasteiger partial charge in [-0.25, -0.2) is 13.2 Å². The molecule has 0 aliphatic carbocycles. The van der Waals surface area contributed by atoms with Crippen molar-refractivity contribution in [1.82, 2.24) is 9.29 Å². The molecule has 6 nitrogen and oxygen atoms in total. The molecule has 0 amide bonds. The fourth-order valence-corrected chi connectivity index (χ4v) is 5.94. The zero-order valence-electron chi connectivity index (χ0n) is 15.8. The molecular weight excluding hydrogens is 376 g/mol. The Labute approximate surface area is 164 Å². The van der Waals surface area contributed by atoms with Crippen molar-refractivity contribution in [2.45, 2.75) is 30.7 Å². The second kappa shape index (κ2) is 7.07. The van der Waals surface area contributed by atoms with E-state index in [1.54, 1.807) is 12.1 Å². The third-order valence-electron chi connectivity index (χ3n) is 5.38. The van der Waals surface area contributed by atoms with Gasteiger partial charge in [0.25, 0.3) is 0 Å². The van der Waals surface area contributed by atoms with Gasteiger partial charge in [0.2, 0.25) is 10.0 Å². The van der Waals surface area contributed by atoms with Crippen LogP contribution < -0.4 is 0 Å². The molecule has 3 aromatic rings. The SMILES string of the molecule is CCC1c2[nH]c3ccccc3c2CCN1S(=O)(=O)c1ccccc1C(=O)OC. The van der Waals surface area contributed by atoms with Gasteiger partial charge in [-0.05, 0) is 36.6 Å². The zero-order valence-corrected chi connectivity index (χ0v) is 16.6. The number of aromatic amines is 1. The number of sulfonamides is 1. The Kier molecular flexibility index (Phi) is 4.72. The number of nitrogens with zero attached hydrogens (tertiary/aromatic N) is 1. The Morgan fingerprint density at radius 1 is 1.18 bits per heavy atom. The van der Waals surface area contributed by atoms with E-state index in [0.717, 1.165) is 16.6 Å². The smallest absolute Gasteiger partial charge is 0.339 e. The van der Waals surface area contributed by atoms with Crippen molar-refractivity contribution in [3.63, 3.8) is 0 Å². The van der Waals surface area contributed by atoms with Gasteiger partial charge in [-0.3, -0.25) is 0 Å². The molecule has 1 aromatic heterocycles. The number of methoxy groups -OCH3 is 1. The molecule has 1 N–H and O–H groups in total. The number of esters is 1. The first kappa shape index (κ1) is 18.7. The number of hydrogen-bond donors (Lipinski definition) is 1. The summed E-state index contributed by atoms with van der Waals surface area (Å²) in [6.07, 6.45) is 1.24. The minimum absolute atomic E-state index is 0.0140. The number of para-hydroxylation sites is 1. The summed E-state index contributed by atoms with van der Waals surface area (Å²) in [5.41, 5.74) is 3.19. The summed E-state index contributed by atoms with van der Waals surface area (Å²) >= 11 is 0. The van der Waals surface area contributed by atoms with E-state index in [1.165, 1.54) is 29.1 Å². The van der Waals surface area contributed by atoms with E-state index in [-0.39, 0.29) is 16.5 Å². The number of carbonyl (C=O) groups excluding carboxylic acids is 1. The molecule has 0 radical (unpaired) electrons. The highest BCUT2D eigenvalue weighted by Crippen LogP contribution is 2.39. The summed E-state index contributed by atoms with van der Waals surface area (Å²) in [6.45, 7) is 2.34. The van der Waals surface area contributed by atoms with E-state index >= 15 is 0 Å². The molecule has 1 atom stereocenters. The van der Waals surface area contributed by atoms with Crippen molar-refractivity contribution in [3.05, 3.63) is 65.4 Å². The van der Waals surface area contributed by atoms with E-state index in [9.17, 15) is 13.2 Å². The number of ether oxygens (including phenoxy) is 1. The monoisotopic (exact) mass is 398 g/mol. The zero-order chi connectivity index (χ0) is 19.9. The van der Waals surface area contributed by atoms with Crippen molar-refractivity contribution < 1.29 is 17.9 Å². The molecule has 28 heavy (non-hydrogen) atoms. The van der Waals surface area contributed by atoms with Gasteiger partial charge >= 0.3 is 5.97 Å². The number of carbonyl (C=O) groups is 1. The lowest BCUT2D eigenvalue weighted by molar-refractivity contribution is 0.0596. The van der Waals surface area contributed by atoms with Crippen LogP contribution in [0, 0.1) is 0 Å². The average Bonchev–Trinajstić information content (AvgIpc) is 3.11. The molecule has 0 saturated heterocycles. The average molecular weight is 398 g/mol. The van der Waals surface area contributed by atoms with E-state index in [0.29, 0.717) is 19.4 Å². The molecule has 1 unspecified atom stereocenters. The van der Waals surface area contributed by atoms with Crippen molar-refractivity contribution in [3.8, 4) is 0 Å². The number of fused-ring (bicyclic) bond motifs is 3. The summed E-state index contributed by atoms with van der Waals surface area (Å²) in [4.78, 5) is 15.5. The Morgan fingerprint density at radius 3 is 2.64 bits per heavy atom. The predicted molar refractivity (Wildman–Crippen MR) is 107 cm³/mol. The maximum Gasteiger partial charge on any atom is 0.339 e. The molecule has 2 aromatic carbocycles. The van der Waals surface area contributed by atoms with E-state index in [2.05, 4.69) is 11.1 Å². The largest absolute Gasteiger partial charge is 0.465 e. The van der Waals surface area contributed by atoms with E-state index in [4.69, 9.17) is 4.74 Å². The van der Waals surface area contributed by atoms with Gasteiger partial charge in [0, 0.05) is 23.1 Å². The molecule has 4 rings (SSSR count). The number of aromatic nitrogens is 1. The fourth-order valence-electron chi connectivity index (χ4n) is 4.09. The normalized spacial score (nSPS) is 17.4. The summed E-state index contributed by atoms with van der Waals surface area (Å²) in [5.74, 6) is -0.657. The summed E-state index contributed by atoms with van der Waals surface area (Å²) in [7, 11) is -2.63. The van der Waals surface area contributed by atoms with Crippen LogP contribution in [0.2, 0.25) is 0 Å². The summed E-state index contributed by atoms with van der Waals surface area (Å²) < 4.78 is 33.3. The lowest BCUT2D eigenvalue weighted by Gasteiger charge is -2.34. The Bertz CT molecular complexity index is 1150. The van der Waals surface area contributed by atoms with Gasteiger partial charge in [-0.2, -0.15) is 4.31 Å². The lowest BCUT2D eigenvalue weighted by Crippen LogP contribution is -2.40. The minimum atomic E-state index is -3.88. The van der Waals surface area contributed by atoms with Crippen molar-refractivity contribution >= 4 is 26.9 Å². The number of hydrogen-bond acceptors (Lipinski definition) is 4. The maximum absolute atomic E-state index is 13.5. The molecule has 7 heteroatoms. The standard InChI is InChI=1S/C21H22N2O4S/c1-3-18-20-15(14-8-4-6-10-17(14)22-20)12-13-23(18)28(25,26)19-11-7-5-9-16(19)21(24)27-2/h4-11,18,22H,3,12-13H2,1-2H3. The molecule has 0 bridgehead atoms. The fraction of sp³-hybridized carbons (Fsp3) is 0.286. The minimum Gasteiger partial charge on any atom is -0.465 e. The van der Waals surface area contributed by atoms with Crippen LogP contribution in [0.25, 0.3) is 10.9 Å². The highest BCUT2D eigenvalue weighted by Gasteiger charge is 2.38. The van der Waals surface area contributed by atoms with Crippen molar-refractivity contribution in [2.75, 3.05) is 13.7 Å². The number of benzene rings is 2. The van der Waals surface area contributed by atoms with Gasteiger partial charge in [-0.1, -0.05) is 37.3 Å². The third-order valence-corrected chi connectivity index (χ3v) is 7.34. The first-order valence-corrected chi connectivity index (χ1v) is 10.7. The quantitative estimate of drug-likeness (QED) is 0.681. The van der Waals surface area contributed by atoms with Crippen LogP contribution in [-0.4, -0.2) is 37.3 Å². The Balaban J connectivity index is 1.82. The van der Waals surface area contributed by atoms with Crippen LogP contribution >= 0.6 is 0 Å². The molecule has 0 saturated carbocycles. The van der Waals surface area contributed by atoms with Crippen LogP contribution in [0.15, 0.2) is 53.4 Å². The first-order chi connectivity index (χ1) is 13.5. The topological polar surface area (TPSA) is 79.5 Å². The van der Waals surface area contributed by atoms with E-state index in [1.807, 2.05) is 25.1 Å². The third kappa shape index (κ3) is 2.82. The van der Waals surface area contributed by atoms with Crippen molar-refractivity contribution in [1.29, 1.82) is 0 Å². The second-order valence-electron chi connectivity index (χ2n) is 6.84. The Morgan fingerprint density at radius 2 is 1.89 bits per heavy atom. The van der Waals surface area contributed by atoms with Gasteiger partial charge in [0.15, 0.2) is 0 Å². The molecule has 1 aliphatic rings. The highest BCUT2D eigenvalue weighted by atomic mass is 32.2. The van der Waals surface area contributed by atoms with Crippen LogP contribution in [0.5, 0.6) is 0 Å². The Hall–Kier alpha value is -2.64. The van der Waals surface area contributed by atoms with Gasteiger partial charge in [0.1, 0.15) is 0 Å². The van der Waals surface area contributed by atoms with Gasteiger partial charge < -0.3 is 9.72 Å². The lowest BCUT2D eigenvalue weighted by atomic mass is 9.98. The molecule has 0 spiro atoms. The van der Waals surface area contributed by atoms with Crippen LogP contribution in [-0.2, 0) is 21.2 Å². The number of rotatable bonds is 4. The molecule has 146 valence electrons. The second-order valence-corrected chi connectivity index (χ2v) is 8.70. The molecule has 1 aliphatic heterocycles. The van der Waals surface area contributed by atoms with Crippen LogP contribution in [0.4, 0.5) is 0 Å². The summed E-state index contributed by atoms with van der Waals surface area (Å²) in [6, 6.07) is 13.9.